The van der Waals surface area contributed by atoms with Crippen molar-refractivity contribution in [2.24, 2.45) is 47.3 Å². The first kappa shape index (κ1) is 19.0. The molecule has 0 nitrogen and oxygen atoms in total. The summed E-state index contributed by atoms with van der Waals surface area (Å²) < 4.78 is 0. The molecule has 0 aromatic carbocycles. The van der Waals surface area contributed by atoms with Crippen LogP contribution in [0.1, 0.15) is 75.7 Å². The molecule has 0 radical (unpaired) electrons. The van der Waals surface area contributed by atoms with Gasteiger partial charge in [0.05, 0.1) is 0 Å². The van der Waals surface area contributed by atoms with Gasteiger partial charge >= 0.3 is 0 Å². The fraction of sp³-hybridized carbons (Fsp3) is 1.00. The molecule has 116 valence electrons. The fourth-order valence-electron chi connectivity index (χ4n) is 4.37. The summed E-state index contributed by atoms with van der Waals surface area (Å²) in [6.45, 7) is 24.2. The van der Waals surface area contributed by atoms with Crippen molar-refractivity contribution in [2.45, 2.75) is 75.7 Å². The Kier molecular flexibility index (Phi) is 8.32. The van der Waals surface area contributed by atoms with Gasteiger partial charge in [0.15, 0.2) is 0 Å². The van der Waals surface area contributed by atoms with Crippen LogP contribution in [0.15, 0.2) is 0 Å². The van der Waals surface area contributed by atoms with Crippen LogP contribution in [0.5, 0.6) is 0 Å². The van der Waals surface area contributed by atoms with Crippen LogP contribution in [0.2, 0.25) is 0 Å². The van der Waals surface area contributed by atoms with Crippen molar-refractivity contribution >= 4 is 0 Å². The zero-order valence-corrected chi connectivity index (χ0v) is 15.3. The lowest BCUT2D eigenvalue weighted by atomic mass is 9.61. The van der Waals surface area contributed by atoms with Crippen molar-refractivity contribution in [3.8, 4) is 0 Å². The molecule has 0 saturated carbocycles. The summed E-state index contributed by atoms with van der Waals surface area (Å²) in [4.78, 5) is 0. The molecule has 19 heavy (non-hydrogen) atoms. The van der Waals surface area contributed by atoms with Crippen LogP contribution in [0.25, 0.3) is 0 Å². The third-order valence-corrected chi connectivity index (χ3v) is 5.45. The Morgan fingerprint density at radius 2 is 0.895 bits per heavy atom. The van der Waals surface area contributed by atoms with Crippen molar-refractivity contribution < 1.29 is 0 Å². The van der Waals surface area contributed by atoms with Crippen molar-refractivity contribution in [3.05, 3.63) is 0 Å². The highest BCUT2D eigenvalue weighted by Crippen LogP contribution is 2.43. The smallest absolute Gasteiger partial charge is 0.0327 e. The summed E-state index contributed by atoms with van der Waals surface area (Å²) in [5.41, 5.74) is 0. The Labute approximate surface area is 123 Å². The number of hydrogen-bond donors (Lipinski definition) is 0. The Hall–Kier alpha value is 0. The van der Waals surface area contributed by atoms with E-state index in [-0.39, 0.29) is 0 Å². The maximum Gasteiger partial charge on any atom is -0.0327 e. The van der Waals surface area contributed by atoms with E-state index in [1.807, 2.05) is 0 Å². The van der Waals surface area contributed by atoms with Crippen molar-refractivity contribution in [3.63, 3.8) is 0 Å². The van der Waals surface area contributed by atoms with Gasteiger partial charge in [-0.3, -0.25) is 0 Å². The lowest BCUT2D eigenvalue weighted by molar-refractivity contribution is 0.0452. The maximum atomic E-state index is 2.48. The fourth-order valence-corrected chi connectivity index (χ4v) is 4.37. The first-order chi connectivity index (χ1) is 8.64. The summed E-state index contributed by atoms with van der Waals surface area (Å²) in [5.74, 6) is 6.59. The van der Waals surface area contributed by atoms with Crippen molar-refractivity contribution in [1.82, 2.24) is 0 Å². The van der Waals surface area contributed by atoms with E-state index in [1.54, 1.807) is 0 Å². The average molecular weight is 269 g/mol. The Bertz CT molecular complexity index is 216. The van der Waals surface area contributed by atoms with Gasteiger partial charge in [0.25, 0.3) is 0 Å². The van der Waals surface area contributed by atoms with E-state index in [1.165, 1.54) is 6.42 Å². The molecule has 0 aromatic rings. The zero-order chi connectivity index (χ0) is 15.3. The molecule has 0 spiro atoms. The third kappa shape index (κ3) is 5.12. The summed E-state index contributed by atoms with van der Waals surface area (Å²) in [6, 6.07) is 0. The quantitative estimate of drug-likeness (QED) is 0.471. The van der Waals surface area contributed by atoms with E-state index >= 15 is 0 Å². The molecule has 0 bridgehead atoms. The second kappa shape index (κ2) is 8.32. The predicted octanol–water partition coefficient (Wildman–Crippen LogP) is 6.51. The zero-order valence-electron chi connectivity index (χ0n) is 15.3. The molecule has 0 aromatic heterocycles. The Balaban J connectivity index is 5.36. The molecule has 0 aliphatic rings. The summed E-state index contributed by atoms with van der Waals surface area (Å²) in [6.07, 6.45) is 1.33. The molecule has 0 heteroatoms. The van der Waals surface area contributed by atoms with Gasteiger partial charge in [-0.05, 0) is 47.3 Å². The molecule has 0 aliphatic heterocycles. The Morgan fingerprint density at radius 3 is 1.11 bits per heavy atom. The van der Waals surface area contributed by atoms with Gasteiger partial charge < -0.3 is 0 Å². The highest BCUT2D eigenvalue weighted by molar-refractivity contribution is 4.85. The van der Waals surface area contributed by atoms with Crippen molar-refractivity contribution in [1.29, 1.82) is 0 Å². The van der Waals surface area contributed by atoms with E-state index in [4.69, 9.17) is 0 Å². The van der Waals surface area contributed by atoms with Gasteiger partial charge in [0.2, 0.25) is 0 Å². The lowest BCUT2D eigenvalue weighted by Crippen LogP contribution is -2.38. The van der Waals surface area contributed by atoms with E-state index in [0.29, 0.717) is 0 Å². The topological polar surface area (TPSA) is 0 Å². The second-order valence-electron chi connectivity index (χ2n) is 8.06. The average Bonchev–Trinajstić information content (AvgIpc) is 2.26. The first-order valence-electron chi connectivity index (χ1n) is 8.64. The van der Waals surface area contributed by atoms with Gasteiger partial charge in [-0.15, -0.1) is 0 Å². The number of rotatable bonds is 8. The molecule has 0 fully saturated rings. The molecular weight excluding hydrogens is 228 g/mol. The van der Waals surface area contributed by atoms with Crippen LogP contribution >= 0.6 is 0 Å². The first-order valence-corrected chi connectivity index (χ1v) is 8.64. The normalized spacial score (nSPS) is 17.8. The minimum atomic E-state index is 0.792. The predicted molar refractivity (Wildman–Crippen MR) is 89.3 cm³/mol. The van der Waals surface area contributed by atoms with Gasteiger partial charge in [-0.2, -0.15) is 0 Å². The minimum absolute atomic E-state index is 0.792. The van der Waals surface area contributed by atoms with E-state index in [0.717, 1.165) is 47.3 Å². The third-order valence-electron chi connectivity index (χ3n) is 5.45. The summed E-state index contributed by atoms with van der Waals surface area (Å²) >= 11 is 0. The lowest BCUT2D eigenvalue weighted by Gasteiger charge is -2.44. The summed E-state index contributed by atoms with van der Waals surface area (Å²) in [5, 5.41) is 0. The molecule has 0 saturated heterocycles. The molecule has 0 N–H and O–H groups in total. The highest BCUT2D eigenvalue weighted by Gasteiger charge is 2.37. The van der Waals surface area contributed by atoms with Gasteiger partial charge in [-0.1, -0.05) is 75.7 Å². The van der Waals surface area contributed by atoms with Crippen molar-refractivity contribution in [2.75, 3.05) is 0 Å². The molecule has 0 aliphatic carbocycles. The van der Waals surface area contributed by atoms with Crippen LogP contribution in [0.3, 0.4) is 0 Å². The van der Waals surface area contributed by atoms with Gasteiger partial charge in [0, 0.05) is 0 Å². The molecule has 3 atom stereocenters. The molecular formula is C19H40. The van der Waals surface area contributed by atoms with Crippen LogP contribution in [0.4, 0.5) is 0 Å². The molecule has 0 amide bonds. The summed E-state index contributed by atoms with van der Waals surface area (Å²) in [7, 11) is 0. The van der Waals surface area contributed by atoms with E-state index in [9.17, 15) is 0 Å². The minimum Gasteiger partial charge on any atom is -0.0651 e. The van der Waals surface area contributed by atoms with Gasteiger partial charge in [0.1, 0.15) is 0 Å². The van der Waals surface area contributed by atoms with E-state index in [2.05, 4.69) is 69.2 Å². The maximum absolute atomic E-state index is 2.48. The molecule has 0 rings (SSSR count). The number of hydrogen-bond acceptors (Lipinski definition) is 0. The van der Waals surface area contributed by atoms with Crippen LogP contribution in [-0.2, 0) is 0 Å². The SMILES string of the molecule is CCC(C(C)C(C)C)C(C(C)C)C(C(C)C)C(C)C. The van der Waals surface area contributed by atoms with Crippen LogP contribution in [0, 0.1) is 47.3 Å². The van der Waals surface area contributed by atoms with Crippen LogP contribution in [-0.4, -0.2) is 0 Å². The molecule has 3 unspecified atom stereocenters. The second-order valence-corrected chi connectivity index (χ2v) is 8.06. The largest absolute Gasteiger partial charge is 0.0651 e. The highest BCUT2D eigenvalue weighted by atomic mass is 14.4. The molecule has 0 heterocycles. The van der Waals surface area contributed by atoms with Crippen LogP contribution < -0.4 is 0 Å². The van der Waals surface area contributed by atoms with E-state index < -0.39 is 0 Å². The Morgan fingerprint density at radius 1 is 0.526 bits per heavy atom. The monoisotopic (exact) mass is 268 g/mol. The van der Waals surface area contributed by atoms with Gasteiger partial charge in [-0.25, -0.2) is 0 Å². The standard InChI is InChI=1S/C19H40/c1-11-17(16(10)12(2)3)19(15(8)9)18(13(4)5)14(6)7/h12-19H,11H2,1-10H3.